The van der Waals surface area contributed by atoms with Gasteiger partial charge in [-0.1, -0.05) is 0 Å². The summed E-state index contributed by atoms with van der Waals surface area (Å²) in [5.74, 6) is -0.0492. The molecule has 0 fully saturated rings. The largest absolute Gasteiger partial charge is 0.389 e. The van der Waals surface area contributed by atoms with Crippen molar-refractivity contribution in [1.82, 2.24) is 4.90 Å². The molecule has 1 aliphatic heterocycles. The van der Waals surface area contributed by atoms with Gasteiger partial charge >= 0.3 is 0 Å². The highest BCUT2D eigenvalue weighted by molar-refractivity contribution is 5.95. The first-order chi connectivity index (χ1) is 8.37. The van der Waals surface area contributed by atoms with E-state index in [0.29, 0.717) is 12.1 Å². The Hall–Kier alpha value is -1.55. The van der Waals surface area contributed by atoms with Crippen LogP contribution in [0.15, 0.2) is 18.2 Å². The smallest absolute Gasteiger partial charge is 0.253 e. The second-order valence-electron chi connectivity index (χ2n) is 5.52. The van der Waals surface area contributed by atoms with Crippen molar-refractivity contribution in [3.05, 3.63) is 29.3 Å². The van der Waals surface area contributed by atoms with Crippen LogP contribution in [0.3, 0.4) is 0 Å². The van der Waals surface area contributed by atoms with E-state index in [2.05, 4.69) is 5.32 Å². The molecule has 4 nitrogen and oxygen atoms in total. The number of hydrogen-bond acceptors (Lipinski definition) is 3. The molecular formula is C14H20N2O2. The third-order valence-electron chi connectivity index (χ3n) is 3.03. The third-order valence-corrected chi connectivity index (χ3v) is 3.03. The Morgan fingerprint density at radius 3 is 2.89 bits per heavy atom. The summed E-state index contributed by atoms with van der Waals surface area (Å²) in [5, 5.41) is 13.0. The number of rotatable bonds is 3. The molecule has 2 rings (SSSR count). The molecule has 18 heavy (non-hydrogen) atoms. The number of benzene rings is 1. The average Bonchev–Trinajstić information content (AvgIpc) is 2.72. The molecule has 0 saturated carbocycles. The van der Waals surface area contributed by atoms with Gasteiger partial charge in [-0.05, 0) is 44.0 Å². The van der Waals surface area contributed by atoms with E-state index in [9.17, 15) is 9.90 Å². The van der Waals surface area contributed by atoms with Gasteiger partial charge in [-0.3, -0.25) is 4.79 Å². The summed E-state index contributed by atoms with van der Waals surface area (Å²) in [6, 6.07) is 5.73. The van der Waals surface area contributed by atoms with E-state index < -0.39 is 5.60 Å². The highest BCUT2D eigenvalue weighted by atomic mass is 16.3. The average molecular weight is 248 g/mol. The summed E-state index contributed by atoms with van der Waals surface area (Å²) >= 11 is 0. The molecule has 0 spiro atoms. The van der Waals surface area contributed by atoms with E-state index in [-0.39, 0.29) is 5.91 Å². The minimum atomic E-state index is -0.872. The minimum absolute atomic E-state index is 0.0492. The number of nitrogens with zero attached hydrogens (tertiary/aromatic N) is 1. The fourth-order valence-corrected chi connectivity index (χ4v) is 2.31. The zero-order valence-electron chi connectivity index (χ0n) is 11.2. The SMILES string of the molecule is CN(CC(C)(C)O)C(=O)c1ccc2c(c1)CCN2. The highest BCUT2D eigenvalue weighted by Gasteiger charge is 2.21. The van der Waals surface area contributed by atoms with Crippen molar-refractivity contribution < 1.29 is 9.90 Å². The molecule has 1 heterocycles. The number of fused-ring (bicyclic) bond motifs is 1. The normalized spacial score (nSPS) is 14.0. The van der Waals surface area contributed by atoms with Crippen molar-refractivity contribution in [2.45, 2.75) is 25.9 Å². The molecule has 0 saturated heterocycles. The molecule has 0 radical (unpaired) electrons. The standard InChI is InChI=1S/C14H20N2O2/c1-14(2,18)9-16(3)13(17)11-4-5-12-10(8-11)6-7-15-12/h4-5,8,15,18H,6-7,9H2,1-3H3. The molecule has 1 aromatic rings. The highest BCUT2D eigenvalue weighted by Crippen LogP contribution is 2.23. The zero-order valence-corrected chi connectivity index (χ0v) is 11.2. The van der Waals surface area contributed by atoms with Crippen LogP contribution in [0.1, 0.15) is 29.8 Å². The first-order valence-corrected chi connectivity index (χ1v) is 6.21. The van der Waals surface area contributed by atoms with Crippen molar-refractivity contribution in [3.8, 4) is 0 Å². The van der Waals surface area contributed by atoms with Crippen molar-refractivity contribution in [1.29, 1.82) is 0 Å². The summed E-state index contributed by atoms with van der Waals surface area (Å²) in [6.07, 6.45) is 0.964. The summed E-state index contributed by atoms with van der Waals surface area (Å²) in [7, 11) is 1.71. The summed E-state index contributed by atoms with van der Waals surface area (Å²) in [4.78, 5) is 13.8. The van der Waals surface area contributed by atoms with Crippen LogP contribution < -0.4 is 5.32 Å². The fourth-order valence-electron chi connectivity index (χ4n) is 2.31. The Morgan fingerprint density at radius 1 is 1.50 bits per heavy atom. The number of carbonyl (C=O) groups is 1. The van der Waals surface area contributed by atoms with Gasteiger partial charge in [-0.2, -0.15) is 0 Å². The lowest BCUT2D eigenvalue weighted by Gasteiger charge is -2.25. The Kier molecular flexibility index (Phi) is 3.30. The number of anilines is 1. The number of carbonyl (C=O) groups excluding carboxylic acids is 1. The van der Waals surface area contributed by atoms with Gasteiger partial charge in [-0.15, -0.1) is 0 Å². The zero-order chi connectivity index (χ0) is 13.3. The summed E-state index contributed by atoms with van der Waals surface area (Å²) < 4.78 is 0. The lowest BCUT2D eigenvalue weighted by Crippen LogP contribution is -2.39. The van der Waals surface area contributed by atoms with Crippen LogP contribution in [0.5, 0.6) is 0 Å². The van der Waals surface area contributed by atoms with Crippen molar-refractivity contribution in [2.75, 3.05) is 25.5 Å². The second kappa shape index (κ2) is 4.61. The van der Waals surface area contributed by atoms with Crippen molar-refractivity contribution in [3.63, 3.8) is 0 Å². The van der Waals surface area contributed by atoms with Crippen molar-refractivity contribution >= 4 is 11.6 Å². The first kappa shape index (κ1) is 12.9. The second-order valence-corrected chi connectivity index (χ2v) is 5.52. The van der Waals surface area contributed by atoms with Crippen LogP contribution in [0.2, 0.25) is 0 Å². The molecule has 0 bridgehead atoms. The maximum atomic E-state index is 12.2. The monoisotopic (exact) mass is 248 g/mol. The topological polar surface area (TPSA) is 52.6 Å². The van der Waals surface area contributed by atoms with E-state index >= 15 is 0 Å². The number of likely N-dealkylation sites (N-methyl/N-ethyl adjacent to an activating group) is 1. The minimum Gasteiger partial charge on any atom is -0.389 e. The van der Waals surface area contributed by atoms with E-state index in [1.54, 1.807) is 25.8 Å². The lowest BCUT2D eigenvalue weighted by atomic mass is 10.1. The molecule has 0 aromatic heterocycles. The Balaban J connectivity index is 2.14. The number of hydrogen-bond donors (Lipinski definition) is 2. The van der Waals surface area contributed by atoms with Crippen LogP contribution in [0.25, 0.3) is 0 Å². The van der Waals surface area contributed by atoms with Gasteiger partial charge < -0.3 is 15.3 Å². The van der Waals surface area contributed by atoms with E-state index in [4.69, 9.17) is 0 Å². The van der Waals surface area contributed by atoms with Gasteiger partial charge in [-0.25, -0.2) is 0 Å². The molecule has 1 aliphatic rings. The van der Waals surface area contributed by atoms with Gasteiger partial charge in [0, 0.05) is 31.4 Å². The third kappa shape index (κ3) is 2.82. The maximum Gasteiger partial charge on any atom is 0.253 e. The van der Waals surface area contributed by atoms with Gasteiger partial charge in [0.1, 0.15) is 0 Å². The number of amides is 1. The number of aliphatic hydroxyl groups is 1. The molecule has 98 valence electrons. The van der Waals surface area contributed by atoms with E-state index in [1.807, 2.05) is 18.2 Å². The van der Waals surface area contributed by atoms with E-state index in [1.165, 1.54) is 5.56 Å². The van der Waals surface area contributed by atoms with Crippen LogP contribution in [-0.2, 0) is 6.42 Å². The molecule has 0 unspecified atom stereocenters. The molecule has 4 heteroatoms. The molecular weight excluding hydrogens is 228 g/mol. The number of nitrogens with one attached hydrogen (secondary N) is 1. The van der Waals surface area contributed by atoms with Gasteiger partial charge in [0.15, 0.2) is 0 Å². The Labute approximate surface area is 108 Å². The predicted molar refractivity (Wildman–Crippen MR) is 71.9 cm³/mol. The summed E-state index contributed by atoms with van der Waals surface area (Å²) in [6.45, 7) is 4.65. The molecule has 1 amide bonds. The van der Waals surface area contributed by atoms with Crippen LogP contribution in [0.4, 0.5) is 5.69 Å². The molecule has 1 aromatic carbocycles. The first-order valence-electron chi connectivity index (χ1n) is 6.21. The van der Waals surface area contributed by atoms with Gasteiger partial charge in [0.2, 0.25) is 0 Å². The summed E-state index contributed by atoms with van der Waals surface area (Å²) in [5.41, 5.74) is 2.13. The Morgan fingerprint density at radius 2 is 2.22 bits per heavy atom. The molecule has 0 atom stereocenters. The van der Waals surface area contributed by atoms with Gasteiger partial charge in [0.05, 0.1) is 5.60 Å². The quantitative estimate of drug-likeness (QED) is 0.852. The van der Waals surface area contributed by atoms with Crippen LogP contribution >= 0.6 is 0 Å². The van der Waals surface area contributed by atoms with Crippen LogP contribution in [0, 0.1) is 0 Å². The van der Waals surface area contributed by atoms with Crippen LogP contribution in [-0.4, -0.2) is 41.7 Å². The maximum absolute atomic E-state index is 12.2. The van der Waals surface area contributed by atoms with E-state index in [0.717, 1.165) is 18.7 Å². The molecule has 0 aliphatic carbocycles. The van der Waals surface area contributed by atoms with Crippen molar-refractivity contribution in [2.24, 2.45) is 0 Å². The molecule has 2 N–H and O–H groups in total. The fraction of sp³-hybridized carbons (Fsp3) is 0.500. The van der Waals surface area contributed by atoms with Gasteiger partial charge in [0.25, 0.3) is 5.91 Å². The lowest BCUT2D eigenvalue weighted by molar-refractivity contribution is 0.0368. The Bertz CT molecular complexity index is 463. The predicted octanol–water partition coefficient (Wildman–Crippen LogP) is 1.50.